The van der Waals surface area contributed by atoms with Gasteiger partial charge in [0.1, 0.15) is 6.54 Å². The molecular formula is C13H23IN6O2. The molecule has 0 radical (unpaired) electrons. The number of rotatable bonds is 3. The van der Waals surface area contributed by atoms with Crippen molar-refractivity contribution in [3.63, 3.8) is 0 Å². The van der Waals surface area contributed by atoms with Crippen LogP contribution in [0.15, 0.2) is 9.52 Å². The number of aryl methyl sites for hydroxylation is 1. The predicted octanol–water partition coefficient (Wildman–Crippen LogP) is 0.626. The van der Waals surface area contributed by atoms with Gasteiger partial charge in [-0.1, -0.05) is 5.16 Å². The van der Waals surface area contributed by atoms with Gasteiger partial charge in [-0.05, 0) is 13.8 Å². The Morgan fingerprint density at radius 3 is 2.45 bits per heavy atom. The van der Waals surface area contributed by atoms with Gasteiger partial charge < -0.3 is 19.6 Å². The van der Waals surface area contributed by atoms with Crippen LogP contribution in [0.25, 0.3) is 0 Å². The van der Waals surface area contributed by atoms with Gasteiger partial charge >= 0.3 is 0 Å². The summed E-state index contributed by atoms with van der Waals surface area (Å²) in [5, 5.41) is 7.00. The maximum Gasteiger partial charge on any atom is 0.248 e. The molecule has 1 amide bonds. The highest BCUT2D eigenvalue weighted by Gasteiger charge is 2.20. The second kappa shape index (κ2) is 8.91. The van der Waals surface area contributed by atoms with Gasteiger partial charge in [0.15, 0.2) is 11.8 Å². The number of carbonyl (C=O) groups excluding carboxylic acids is 1. The van der Waals surface area contributed by atoms with Crippen LogP contribution in [0.3, 0.4) is 0 Å². The van der Waals surface area contributed by atoms with Crippen LogP contribution in [0.5, 0.6) is 0 Å². The summed E-state index contributed by atoms with van der Waals surface area (Å²) in [4.78, 5) is 24.0. The van der Waals surface area contributed by atoms with Crippen LogP contribution in [-0.4, -0.2) is 64.5 Å². The third-order valence-corrected chi connectivity index (χ3v) is 3.29. The van der Waals surface area contributed by atoms with Gasteiger partial charge in [-0.2, -0.15) is 4.98 Å². The Kier molecular flexibility index (Phi) is 7.56. The van der Waals surface area contributed by atoms with E-state index in [1.165, 1.54) is 0 Å². The lowest BCUT2D eigenvalue weighted by atomic mass is 10.3. The van der Waals surface area contributed by atoms with E-state index in [1.807, 2.05) is 11.8 Å². The fraction of sp³-hybridized carbons (Fsp3) is 0.692. The van der Waals surface area contributed by atoms with Crippen LogP contribution < -0.4 is 5.32 Å². The first-order valence-electron chi connectivity index (χ1n) is 7.18. The first kappa shape index (κ1) is 18.7. The van der Waals surface area contributed by atoms with Gasteiger partial charge in [0.05, 0.1) is 0 Å². The first-order valence-corrected chi connectivity index (χ1v) is 7.18. The van der Waals surface area contributed by atoms with Gasteiger partial charge in [0.25, 0.3) is 0 Å². The molecule has 0 aliphatic carbocycles. The highest BCUT2D eigenvalue weighted by atomic mass is 127. The van der Waals surface area contributed by atoms with E-state index in [-0.39, 0.29) is 29.9 Å². The number of nitrogens with one attached hydrogen (secondary N) is 1. The second-order valence-corrected chi connectivity index (χ2v) is 4.90. The molecule has 0 aromatic carbocycles. The van der Waals surface area contributed by atoms with Crippen LogP contribution in [-0.2, 0) is 11.3 Å². The van der Waals surface area contributed by atoms with E-state index in [2.05, 4.69) is 25.3 Å². The summed E-state index contributed by atoms with van der Waals surface area (Å²) in [5.74, 6) is 2.06. The lowest BCUT2D eigenvalue weighted by Crippen LogP contribution is -2.53. The zero-order valence-corrected chi connectivity index (χ0v) is 15.5. The number of guanidine groups is 1. The van der Waals surface area contributed by atoms with Crippen molar-refractivity contribution in [2.24, 2.45) is 4.99 Å². The molecule has 2 heterocycles. The largest absolute Gasteiger partial charge is 0.357 e. The van der Waals surface area contributed by atoms with Crippen LogP contribution >= 0.6 is 24.0 Å². The topological polar surface area (TPSA) is 86.9 Å². The quantitative estimate of drug-likeness (QED) is 0.437. The number of aromatic nitrogens is 2. The lowest BCUT2D eigenvalue weighted by molar-refractivity contribution is -0.130. The summed E-state index contributed by atoms with van der Waals surface area (Å²) in [7, 11) is 0. The number of nitrogens with zero attached hydrogens (tertiary/aromatic N) is 5. The van der Waals surface area contributed by atoms with Gasteiger partial charge in [0, 0.05) is 39.6 Å². The number of piperazine rings is 1. The van der Waals surface area contributed by atoms with E-state index in [0.717, 1.165) is 38.7 Å². The monoisotopic (exact) mass is 422 g/mol. The van der Waals surface area contributed by atoms with E-state index in [9.17, 15) is 4.79 Å². The Morgan fingerprint density at radius 2 is 1.95 bits per heavy atom. The summed E-state index contributed by atoms with van der Waals surface area (Å²) in [6.07, 6.45) is 0. The minimum absolute atomic E-state index is 0. The molecule has 0 unspecified atom stereocenters. The minimum atomic E-state index is 0. The average Bonchev–Trinajstić information content (AvgIpc) is 2.89. The SMILES string of the molecule is CCNC(=NCc1nc(C)no1)N1CCN(C(C)=O)CC1.I. The Hall–Kier alpha value is -1.39. The van der Waals surface area contributed by atoms with E-state index < -0.39 is 0 Å². The third kappa shape index (κ3) is 5.11. The lowest BCUT2D eigenvalue weighted by Gasteiger charge is -2.36. The smallest absolute Gasteiger partial charge is 0.248 e. The maximum atomic E-state index is 11.3. The second-order valence-electron chi connectivity index (χ2n) is 4.90. The zero-order chi connectivity index (χ0) is 15.2. The molecule has 124 valence electrons. The molecule has 1 aliphatic rings. The van der Waals surface area contributed by atoms with E-state index in [0.29, 0.717) is 18.3 Å². The molecule has 0 saturated carbocycles. The molecule has 1 fully saturated rings. The number of hydrogen-bond acceptors (Lipinski definition) is 5. The molecule has 8 nitrogen and oxygen atoms in total. The van der Waals surface area contributed by atoms with Crippen molar-refractivity contribution >= 4 is 35.8 Å². The van der Waals surface area contributed by atoms with Crippen molar-refractivity contribution in [3.8, 4) is 0 Å². The number of halogens is 1. The maximum absolute atomic E-state index is 11.3. The Labute approximate surface area is 147 Å². The Balaban J connectivity index is 0.00000242. The molecule has 1 N–H and O–H groups in total. The highest BCUT2D eigenvalue weighted by molar-refractivity contribution is 14.0. The molecule has 1 aromatic rings. The molecule has 2 rings (SSSR count). The Bertz CT molecular complexity index is 510. The van der Waals surface area contributed by atoms with Crippen molar-refractivity contribution in [2.75, 3.05) is 32.7 Å². The zero-order valence-electron chi connectivity index (χ0n) is 13.2. The van der Waals surface area contributed by atoms with Crippen molar-refractivity contribution < 1.29 is 9.32 Å². The van der Waals surface area contributed by atoms with E-state index >= 15 is 0 Å². The predicted molar refractivity (Wildman–Crippen MR) is 93.1 cm³/mol. The van der Waals surface area contributed by atoms with Crippen molar-refractivity contribution in [1.82, 2.24) is 25.3 Å². The van der Waals surface area contributed by atoms with Gasteiger partial charge in [-0.3, -0.25) is 4.79 Å². The van der Waals surface area contributed by atoms with Crippen molar-refractivity contribution in [2.45, 2.75) is 27.3 Å². The average molecular weight is 422 g/mol. The molecule has 0 atom stereocenters. The van der Waals surface area contributed by atoms with Gasteiger partial charge in [-0.15, -0.1) is 24.0 Å². The van der Waals surface area contributed by atoms with Crippen molar-refractivity contribution in [1.29, 1.82) is 0 Å². The summed E-state index contributed by atoms with van der Waals surface area (Å²) < 4.78 is 5.06. The molecule has 0 spiro atoms. The molecule has 22 heavy (non-hydrogen) atoms. The summed E-state index contributed by atoms with van der Waals surface area (Å²) in [6.45, 7) is 9.54. The van der Waals surface area contributed by atoms with E-state index in [1.54, 1.807) is 13.8 Å². The molecule has 0 bridgehead atoms. The van der Waals surface area contributed by atoms with Gasteiger partial charge in [0.2, 0.25) is 11.8 Å². The standard InChI is InChI=1S/C13H22N6O2.HI/c1-4-14-13(15-9-12-16-10(2)17-21-12)19-7-5-18(6-8-19)11(3)20;/h4-9H2,1-3H3,(H,14,15);1H. The van der Waals surface area contributed by atoms with Crippen LogP contribution in [0.4, 0.5) is 0 Å². The molecule has 1 saturated heterocycles. The molecular weight excluding hydrogens is 399 g/mol. The van der Waals surface area contributed by atoms with E-state index in [4.69, 9.17) is 4.52 Å². The Morgan fingerprint density at radius 1 is 1.32 bits per heavy atom. The first-order chi connectivity index (χ1) is 10.1. The van der Waals surface area contributed by atoms with Crippen LogP contribution in [0.1, 0.15) is 25.6 Å². The highest BCUT2D eigenvalue weighted by Crippen LogP contribution is 2.04. The number of aliphatic imine (C=N–C) groups is 1. The number of hydrogen-bond donors (Lipinski definition) is 1. The molecule has 1 aromatic heterocycles. The summed E-state index contributed by atoms with van der Waals surface area (Å²) in [6, 6.07) is 0. The number of carbonyl (C=O) groups is 1. The number of amides is 1. The van der Waals surface area contributed by atoms with Crippen molar-refractivity contribution in [3.05, 3.63) is 11.7 Å². The van der Waals surface area contributed by atoms with Crippen LogP contribution in [0.2, 0.25) is 0 Å². The molecule has 9 heteroatoms. The van der Waals surface area contributed by atoms with Gasteiger partial charge in [-0.25, -0.2) is 4.99 Å². The fourth-order valence-electron chi connectivity index (χ4n) is 2.21. The fourth-order valence-corrected chi connectivity index (χ4v) is 2.21. The third-order valence-electron chi connectivity index (χ3n) is 3.29. The minimum Gasteiger partial charge on any atom is -0.357 e. The normalized spacial score (nSPS) is 15.5. The molecule has 1 aliphatic heterocycles. The summed E-state index contributed by atoms with van der Waals surface area (Å²) >= 11 is 0. The van der Waals surface area contributed by atoms with Crippen LogP contribution in [0, 0.1) is 6.92 Å². The summed E-state index contributed by atoms with van der Waals surface area (Å²) in [5.41, 5.74) is 0.